The summed E-state index contributed by atoms with van der Waals surface area (Å²) in [4.78, 5) is 0. The van der Waals surface area contributed by atoms with Crippen LogP contribution in [0.3, 0.4) is 0 Å². The van der Waals surface area contributed by atoms with Crippen LogP contribution in [-0.2, 0) is 0 Å². The Balaban J connectivity index is 1.34. The highest BCUT2D eigenvalue weighted by molar-refractivity contribution is 6.39. The molecule has 0 spiro atoms. The molecule has 208 valence electrons. The highest BCUT2D eigenvalue weighted by Crippen LogP contribution is 2.46. The summed E-state index contributed by atoms with van der Waals surface area (Å²) >= 11 is 0. The van der Waals surface area contributed by atoms with Crippen molar-refractivity contribution in [2.24, 2.45) is 0 Å². The summed E-state index contributed by atoms with van der Waals surface area (Å²) in [6.07, 6.45) is 0. The number of benzene rings is 9. The van der Waals surface area contributed by atoms with E-state index in [1.54, 1.807) is 0 Å². The highest BCUT2D eigenvalue weighted by atomic mass is 16.3. The van der Waals surface area contributed by atoms with Gasteiger partial charge in [-0.25, -0.2) is 0 Å². The second-order valence-electron chi connectivity index (χ2n) is 12.0. The first-order valence-corrected chi connectivity index (χ1v) is 15.5. The Morgan fingerprint density at radius 2 is 0.778 bits per heavy atom. The minimum atomic E-state index is 0.921. The number of hydrogen-bond donors (Lipinski definition) is 0. The fraction of sp³-hybridized carbons (Fsp3) is 0. The molecule has 45 heavy (non-hydrogen) atoms. The van der Waals surface area contributed by atoms with Crippen molar-refractivity contribution in [2.75, 3.05) is 0 Å². The molecule has 0 fully saturated rings. The van der Waals surface area contributed by atoms with Crippen molar-refractivity contribution >= 4 is 75.8 Å². The highest BCUT2D eigenvalue weighted by Gasteiger charge is 2.18. The van der Waals surface area contributed by atoms with Crippen LogP contribution in [-0.4, -0.2) is 0 Å². The summed E-state index contributed by atoms with van der Waals surface area (Å²) in [5.41, 5.74) is 6.71. The standard InChI is InChI=1S/C44H26O/c1-2-11-27(12-3-1)28-21-23-35-38(25-28)31-13-4-6-15-33(31)44-36-24-22-29(26-39(36)32-14-5-7-16-34(32)43(35)44)30-18-10-20-41-42(30)37-17-8-9-19-40(37)45-41/h1-26H. The van der Waals surface area contributed by atoms with Gasteiger partial charge in [0.05, 0.1) is 0 Å². The molecule has 10 aromatic rings. The van der Waals surface area contributed by atoms with Gasteiger partial charge in [0, 0.05) is 10.8 Å². The second-order valence-corrected chi connectivity index (χ2v) is 12.0. The Hall–Kier alpha value is -5.92. The Bertz CT molecular complexity index is 2800. The Labute approximate surface area is 259 Å². The molecule has 9 aromatic carbocycles. The number of hydrogen-bond acceptors (Lipinski definition) is 1. The zero-order valence-corrected chi connectivity index (χ0v) is 24.4. The van der Waals surface area contributed by atoms with Crippen LogP contribution in [0.4, 0.5) is 0 Å². The van der Waals surface area contributed by atoms with Crippen molar-refractivity contribution in [3.8, 4) is 22.3 Å². The zero-order valence-electron chi connectivity index (χ0n) is 24.4. The lowest BCUT2D eigenvalue weighted by Gasteiger charge is -2.18. The third kappa shape index (κ3) is 3.50. The first-order chi connectivity index (χ1) is 22.3. The van der Waals surface area contributed by atoms with Gasteiger partial charge in [-0.1, -0.05) is 133 Å². The van der Waals surface area contributed by atoms with Gasteiger partial charge < -0.3 is 4.42 Å². The topological polar surface area (TPSA) is 13.1 Å². The maximum atomic E-state index is 6.26. The quantitative estimate of drug-likeness (QED) is 0.188. The SMILES string of the molecule is c1ccc(-c2ccc3c(c2)c2ccccc2c2c4ccc(-c5cccc6oc7ccccc7c56)cc4c4ccccc4c32)cc1. The van der Waals surface area contributed by atoms with Crippen LogP contribution in [0.15, 0.2) is 162 Å². The van der Waals surface area contributed by atoms with Gasteiger partial charge in [0.1, 0.15) is 11.2 Å². The van der Waals surface area contributed by atoms with E-state index >= 15 is 0 Å². The van der Waals surface area contributed by atoms with E-state index in [9.17, 15) is 0 Å². The second kappa shape index (κ2) is 9.29. The van der Waals surface area contributed by atoms with Gasteiger partial charge in [0.2, 0.25) is 0 Å². The predicted molar refractivity (Wildman–Crippen MR) is 192 cm³/mol. The maximum Gasteiger partial charge on any atom is 0.136 e. The first kappa shape index (κ1) is 24.5. The lowest BCUT2D eigenvalue weighted by molar-refractivity contribution is 0.669. The third-order valence-corrected chi connectivity index (χ3v) is 9.62. The molecular formula is C44H26O. The molecule has 0 atom stereocenters. The average Bonchev–Trinajstić information content (AvgIpc) is 3.50. The van der Waals surface area contributed by atoms with Crippen LogP contribution in [0.25, 0.3) is 98.1 Å². The van der Waals surface area contributed by atoms with Crippen LogP contribution in [0, 0.1) is 0 Å². The van der Waals surface area contributed by atoms with Crippen molar-refractivity contribution < 1.29 is 4.42 Å². The maximum absolute atomic E-state index is 6.26. The fourth-order valence-electron chi connectivity index (χ4n) is 7.66. The van der Waals surface area contributed by atoms with Gasteiger partial charge in [-0.05, 0) is 100 Å². The van der Waals surface area contributed by atoms with Gasteiger partial charge in [-0.15, -0.1) is 0 Å². The van der Waals surface area contributed by atoms with E-state index in [2.05, 4.69) is 152 Å². The van der Waals surface area contributed by atoms with Crippen LogP contribution >= 0.6 is 0 Å². The van der Waals surface area contributed by atoms with Crippen molar-refractivity contribution in [3.63, 3.8) is 0 Å². The number of fused-ring (bicyclic) bond motifs is 14. The minimum absolute atomic E-state index is 0.921. The summed E-state index contributed by atoms with van der Waals surface area (Å²) in [6.45, 7) is 0. The molecule has 0 aliphatic rings. The average molecular weight is 571 g/mol. The normalized spacial score (nSPS) is 12.0. The van der Waals surface area contributed by atoms with Crippen molar-refractivity contribution in [3.05, 3.63) is 158 Å². The molecule has 0 saturated heterocycles. The fourth-order valence-corrected chi connectivity index (χ4v) is 7.66. The Kier molecular flexibility index (Phi) is 5.06. The van der Waals surface area contributed by atoms with Crippen LogP contribution in [0.5, 0.6) is 0 Å². The van der Waals surface area contributed by atoms with Gasteiger partial charge >= 0.3 is 0 Å². The molecule has 0 N–H and O–H groups in total. The summed E-state index contributed by atoms with van der Waals surface area (Å²) < 4.78 is 6.26. The lowest BCUT2D eigenvalue weighted by atomic mass is 9.85. The van der Waals surface area contributed by atoms with Gasteiger partial charge in [-0.3, -0.25) is 0 Å². The van der Waals surface area contributed by atoms with E-state index in [0.29, 0.717) is 0 Å². The largest absolute Gasteiger partial charge is 0.456 e. The molecule has 0 bridgehead atoms. The minimum Gasteiger partial charge on any atom is -0.456 e. The van der Waals surface area contributed by atoms with E-state index in [1.807, 2.05) is 6.07 Å². The smallest absolute Gasteiger partial charge is 0.136 e. The molecule has 1 nitrogen and oxygen atoms in total. The summed E-state index contributed by atoms with van der Waals surface area (Å²) in [6, 6.07) is 57.3. The van der Waals surface area contributed by atoms with Crippen molar-refractivity contribution in [2.45, 2.75) is 0 Å². The molecule has 0 saturated carbocycles. The van der Waals surface area contributed by atoms with E-state index in [4.69, 9.17) is 4.42 Å². The molecule has 0 aliphatic heterocycles. The molecule has 0 amide bonds. The molecule has 10 rings (SSSR count). The van der Waals surface area contributed by atoms with E-state index < -0.39 is 0 Å². The molecule has 0 aliphatic carbocycles. The third-order valence-electron chi connectivity index (χ3n) is 9.62. The molecule has 0 radical (unpaired) electrons. The number of para-hydroxylation sites is 1. The van der Waals surface area contributed by atoms with E-state index in [1.165, 1.54) is 81.5 Å². The number of furan rings is 1. The predicted octanol–water partition coefficient (Wildman–Crippen LogP) is 12.7. The van der Waals surface area contributed by atoms with Crippen molar-refractivity contribution in [1.82, 2.24) is 0 Å². The van der Waals surface area contributed by atoms with Gasteiger partial charge in [-0.2, -0.15) is 0 Å². The molecule has 1 aromatic heterocycles. The lowest BCUT2D eigenvalue weighted by Crippen LogP contribution is -1.90. The summed E-state index contributed by atoms with van der Waals surface area (Å²) in [5.74, 6) is 0. The molecular weight excluding hydrogens is 544 g/mol. The molecule has 0 unspecified atom stereocenters. The van der Waals surface area contributed by atoms with Crippen molar-refractivity contribution in [1.29, 1.82) is 0 Å². The zero-order chi connectivity index (χ0) is 29.5. The van der Waals surface area contributed by atoms with Crippen LogP contribution in [0.2, 0.25) is 0 Å². The van der Waals surface area contributed by atoms with E-state index in [-0.39, 0.29) is 0 Å². The van der Waals surface area contributed by atoms with Gasteiger partial charge in [0.25, 0.3) is 0 Å². The van der Waals surface area contributed by atoms with Gasteiger partial charge in [0.15, 0.2) is 0 Å². The monoisotopic (exact) mass is 570 g/mol. The molecule has 1 heteroatoms. The summed E-state index contributed by atoms with van der Waals surface area (Å²) in [5, 5.41) is 15.2. The number of rotatable bonds is 2. The van der Waals surface area contributed by atoms with Crippen LogP contribution < -0.4 is 0 Å². The van der Waals surface area contributed by atoms with E-state index in [0.717, 1.165) is 16.6 Å². The molecule has 1 heterocycles. The first-order valence-electron chi connectivity index (χ1n) is 15.5. The Morgan fingerprint density at radius 3 is 1.47 bits per heavy atom. The van der Waals surface area contributed by atoms with Crippen LogP contribution in [0.1, 0.15) is 0 Å². The summed E-state index contributed by atoms with van der Waals surface area (Å²) in [7, 11) is 0. The Morgan fingerprint density at radius 1 is 0.267 bits per heavy atom.